The number of fused-ring (bicyclic) bond motifs is 4. The minimum atomic E-state index is -2.82. The van der Waals surface area contributed by atoms with Gasteiger partial charge in [0.15, 0.2) is 11.4 Å². The molecule has 9 heteroatoms. The Kier molecular flexibility index (Phi) is 12.2. The van der Waals surface area contributed by atoms with E-state index in [4.69, 9.17) is 17.6 Å². The molecule has 10 rings (SSSR count). The normalized spacial score (nSPS) is 13.6. The average Bonchev–Trinajstić information content (AvgIpc) is 3.95. The van der Waals surface area contributed by atoms with Crippen LogP contribution in [0.3, 0.4) is 0 Å². The van der Waals surface area contributed by atoms with E-state index in [1.54, 1.807) is 12.1 Å². The maximum atomic E-state index is 16.8. The van der Waals surface area contributed by atoms with E-state index in [-0.39, 0.29) is 54.2 Å². The summed E-state index contributed by atoms with van der Waals surface area (Å²) < 4.78 is 74.2. The van der Waals surface area contributed by atoms with Crippen LogP contribution in [0.2, 0.25) is 17.3 Å². The Morgan fingerprint density at radius 3 is 2.04 bits per heavy atom. The van der Waals surface area contributed by atoms with Gasteiger partial charge in [-0.05, 0) is 42.5 Å². The van der Waals surface area contributed by atoms with Crippen molar-refractivity contribution in [1.29, 1.82) is 0 Å². The van der Waals surface area contributed by atoms with Crippen molar-refractivity contribution in [3.05, 3.63) is 180 Å². The van der Waals surface area contributed by atoms with Crippen molar-refractivity contribution in [2.24, 2.45) is 0 Å². The quantitative estimate of drug-likeness (QED) is 0.112. The molecule has 6 nitrogen and oxygen atoms in total. The topological polar surface area (TPSA) is 69.6 Å². The van der Waals surface area contributed by atoms with Crippen LogP contribution >= 0.6 is 0 Å². The molecule has 0 N–H and O–H groups in total. The van der Waals surface area contributed by atoms with E-state index < -0.39 is 44.3 Å². The van der Waals surface area contributed by atoms with Gasteiger partial charge < -0.3 is 9.40 Å². The van der Waals surface area contributed by atoms with Gasteiger partial charge in [-0.3, -0.25) is 0 Å². The molecule has 0 aliphatic carbocycles. The molecule has 0 amide bonds. The number of furan rings is 1. The minimum absolute atomic E-state index is 0. The van der Waals surface area contributed by atoms with Crippen LogP contribution in [0.4, 0.5) is 4.39 Å². The molecule has 0 bridgehead atoms. The third-order valence-corrected chi connectivity index (χ3v) is 17.0. The fraction of sp³-hybridized carbons (Fsp3) is 0.246. The zero-order valence-corrected chi connectivity index (χ0v) is 45.7. The van der Waals surface area contributed by atoms with E-state index in [0.29, 0.717) is 27.7 Å². The number of nitrogens with zero attached hydrogens (tertiary/aromatic N) is 5. The molecule has 4 heterocycles. The van der Waals surface area contributed by atoms with E-state index in [0.717, 1.165) is 50.7 Å². The number of pyridine rings is 1. The number of para-hydroxylation sites is 2. The van der Waals surface area contributed by atoms with Gasteiger partial charge >= 0.3 is 201 Å². The molecule has 357 valence electrons. The third kappa shape index (κ3) is 9.96. The fourth-order valence-corrected chi connectivity index (χ4v) is 11.3. The second-order valence-electron chi connectivity index (χ2n) is 20.3. The summed E-state index contributed by atoms with van der Waals surface area (Å²) in [5.41, 5.74) is 10.8. The van der Waals surface area contributed by atoms with Gasteiger partial charge in [-0.25, -0.2) is 14.4 Å². The smallest absolute Gasteiger partial charge is 0.239 e. The second-order valence-corrected chi connectivity index (χ2v) is 31.0. The molecule has 10 aromatic rings. The van der Waals surface area contributed by atoms with E-state index in [1.165, 1.54) is 21.6 Å². The molecule has 0 unspecified atom stereocenters. The Labute approximate surface area is 437 Å². The molecular formula is C61H60FGeIrN5O-2. The van der Waals surface area contributed by atoms with E-state index in [2.05, 4.69) is 152 Å². The molecular weight excluding hydrogens is 1100 g/mol. The van der Waals surface area contributed by atoms with Crippen LogP contribution in [0.1, 0.15) is 96.7 Å². The van der Waals surface area contributed by atoms with Crippen molar-refractivity contribution in [2.75, 3.05) is 0 Å². The van der Waals surface area contributed by atoms with Crippen LogP contribution in [-0.4, -0.2) is 37.8 Å². The average molecular weight is 1170 g/mol. The molecule has 0 fully saturated rings. The fourth-order valence-electron chi connectivity index (χ4n) is 8.84. The monoisotopic (exact) mass is 1170 g/mol. The van der Waals surface area contributed by atoms with E-state index in [9.17, 15) is 0 Å². The van der Waals surface area contributed by atoms with Gasteiger partial charge in [0.25, 0.3) is 0 Å². The van der Waals surface area contributed by atoms with E-state index >= 15 is 4.39 Å². The number of benzene rings is 6. The van der Waals surface area contributed by atoms with Crippen LogP contribution in [0.25, 0.3) is 83.7 Å². The van der Waals surface area contributed by atoms with Crippen molar-refractivity contribution >= 4 is 50.6 Å². The Morgan fingerprint density at radius 1 is 0.700 bits per heavy atom. The molecule has 0 aliphatic heterocycles. The number of halogens is 1. The standard InChI is InChI=1S/C46H44FGeN4O.C15H16N.Ir/c1-26(2)37-24-31(30-17-19-32(20-18-30)48(7,8)9)25-38(27(3)4)43(37)52-41-16-11-10-15-39(41)51-46(52)36-14-12-13-33-34-21-22-35(42(47)45(34)53-44(33)36)40-23-28(5)49-29(6)50-40;1-15(2,3)13-9-10-14(16-11-13)12-7-5-4-6-8-12;/h10-13,15-27H,1-9H3;4-7,9-11H,1-3H3;/q2*-1;/i5D3,6D3;;. The molecule has 4 aromatic heterocycles. The number of imidazole rings is 1. The summed E-state index contributed by atoms with van der Waals surface area (Å²) in [6, 6.07) is 48.1. The predicted octanol–water partition coefficient (Wildman–Crippen LogP) is 15.9. The summed E-state index contributed by atoms with van der Waals surface area (Å²) in [4.78, 5) is 17.6. The number of rotatable bonds is 8. The first kappa shape index (κ1) is 42.8. The Bertz CT molecular complexity index is 3670. The first-order valence-electron chi connectivity index (χ1n) is 26.5. The Morgan fingerprint density at radius 2 is 1.41 bits per heavy atom. The molecule has 1 radical (unpaired) electrons. The summed E-state index contributed by atoms with van der Waals surface area (Å²) in [5, 5.41) is 1.09. The summed E-state index contributed by atoms with van der Waals surface area (Å²) in [7, 11) is 0. The number of aromatic nitrogens is 5. The van der Waals surface area contributed by atoms with Crippen LogP contribution < -0.4 is 4.40 Å². The Balaban J connectivity index is 0.000000384. The van der Waals surface area contributed by atoms with Gasteiger partial charge in [0.05, 0.1) is 5.69 Å². The maximum absolute atomic E-state index is 16.8. The van der Waals surface area contributed by atoms with E-state index in [1.807, 2.05) is 54.7 Å². The summed E-state index contributed by atoms with van der Waals surface area (Å²) in [6.45, 7) is 9.81. The van der Waals surface area contributed by atoms with Crippen molar-refractivity contribution in [2.45, 2.75) is 96.7 Å². The molecule has 6 aromatic carbocycles. The van der Waals surface area contributed by atoms with Crippen molar-refractivity contribution < 1.29 is 37.1 Å². The molecule has 70 heavy (non-hydrogen) atoms. The third-order valence-electron chi connectivity index (χ3n) is 12.7. The van der Waals surface area contributed by atoms with Crippen LogP contribution in [0.15, 0.2) is 138 Å². The summed E-state index contributed by atoms with van der Waals surface area (Å²) in [6.07, 6.45) is 1.95. The van der Waals surface area contributed by atoms with Crippen molar-refractivity contribution in [1.82, 2.24) is 24.5 Å². The van der Waals surface area contributed by atoms with Crippen molar-refractivity contribution in [3.63, 3.8) is 0 Å². The minimum Gasteiger partial charge on any atom is -0.239 e. The molecule has 0 saturated heterocycles. The van der Waals surface area contributed by atoms with Gasteiger partial charge in [-0.2, -0.15) is 0 Å². The molecule has 0 aliphatic rings. The van der Waals surface area contributed by atoms with Gasteiger partial charge in [-0.1, -0.05) is 50.4 Å². The first-order chi connectivity index (χ1) is 35.3. The Hall–Kier alpha value is -6.06. The first-order valence-corrected chi connectivity index (χ1v) is 30.8. The zero-order valence-electron chi connectivity index (χ0n) is 47.2. The van der Waals surface area contributed by atoms with Gasteiger partial charge in [-0.15, -0.1) is 48.0 Å². The number of hydrogen-bond donors (Lipinski definition) is 0. The second kappa shape index (κ2) is 20.0. The SMILES string of the molecule is CC(C)(C)c1ccc(-c2[c-]cccc2)nc1.[2H]C([2H])([2H])c1cc(-c2ccc3c(oc4c(-c5nc6ccccc6n5-c5c(C(C)C)cc(-c6cc[c]([Ge]([CH3])([CH3])[CH3])cc6)cc5C(C)C)[c-]ccc43)c2F)nc(C([2H])([2H])[2H])n1.[Ir]. The number of hydrogen-bond acceptors (Lipinski definition) is 5. The van der Waals surface area contributed by atoms with Crippen LogP contribution in [0.5, 0.6) is 0 Å². The van der Waals surface area contributed by atoms with Gasteiger partial charge in [0.2, 0.25) is 0 Å². The summed E-state index contributed by atoms with van der Waals surface area (Å²) >= 11 is -2.01. The van der Waals surface area contributed by atoms with Gasteiger partial charge in [0.1, 0.15) is 5.82 Å². The predicted molar refractivity (Wildman–Crippen MR) is 287 cm³/mol. The molecule has 0 spiro atoms. The number of aryl methyl sites for hydroxylation is 2. The van der Waals surface area contributed by atoms with Gasteiger partial charge in [0, 0.05) is 51.2 Å². The van der Waals surface area contributed by atoms with Crippen LogP contribution in [0, 0.1) is 31.7 Å². The van der Waals surface area contributed by atoms with Crippen LogP contribution in [-0.2, 0) is 25.5 Å². The molecule has 0 atom stereocenters. The summed E-state index contributed by atoms with van der Waals surface area (Å²) in [5.74, 6) is 6.56. The van der Waals surface area contributed by atoms with Crippen molar-refractivity contribution in [3.8, 4) is 50.7 Å². The zero-order chi connectivity index (χ0) is 53.9. The molecule has 0 saturated carbocycles.